The molecule has 5 nitrogen and oxygen atoms in total. The molecule has 1 aromatic heterocycles. The van der Waals surface area contributed by atoms with Gasteiger partial charge < -0.3 is 9.88 Å². The molecule has 1 fully saturated rings. The Labute approximate surface area is 156 Å². The fourth-order valence-electron chi connectivity index (χ4n) is 3.55. The van der Waals surface area contributed by atoms with E-state index in [9.17, 15) is 14.0 Å². The van der Waals surface area contributed by atoms with Crippen molar-refractivity contribution in [3.8, 4) is 16.9 Å². The number of rotatable bonds is 3. The molecule has 0 spiro atoms. The van der Waals surface area contributed by atoms with Crippen LogP contribution in [0.15, 0.2) is 59.4 Å². The zero-order valence-corrected chi connectivity index (χ0v) is 14.8. The molecule has 0 unspecified atom stereocenters. The van der Waals surface area contributed by atoms with Crippen molar-refractivity contribution in [2.24, 2.45) is 0 Å². The number of benzene rings is 2. The van der Waals surface area contributed by atoms with E-state index in [1.54, 1.807) is 29.2 Å². The van der Waals surface area contributed by atoms with Crippen molar-refractivity contribution in [1.29, 1.82) is 0 Å². The Bertz CT molecular complexity index is 1000. The molecule has 1 N–H and O–H groups in total. The van der Waals surface area contributed by atoms with Gasteiger partial charge in [0, 0.05) is 18.7 Å². The third kappa shape index (κ3) is 3.30. The second-order valence-corrected chi connectivity index (χ2v) is 6.68. The minimum Gasteiger partial charge on any atom is -0.337 e. The number of nitrogens with zero attached hydrogens (tertiary/aromatic N) is 2. The maximum absolute atomic E-state index is 13.4. The number of amides is 1. The summed E-state index contributed by atoms with van der Waals surface area (Å²) in [6.45, 7) is 1.36. The summed E-state index contributed by atoms with van der Waals surface area (Å²) >= 11 is 0. The number of imidazole rings is 1. The van der Waals surface area contributed by atoms with Crippen molar-refractivity contribution in [3.05, 3.63) is 76.6 Å². The van der Waals surface area contributed by atoms with Crippen molar-refractivity contribution in [2.45, 2.75) is 19.3 Å². The number of carbonyl (C=O) groups excluding carboxylic acids is 1. The summed E-state index contributed by atoms with van der Waals surface area (Å²) in [5, 5.41) is 0. The van der Waals surface area contributed by atoms with E-state index < -0.39 is 0 Å². The molecule has 1 saturated heterocycles. The van der Waals surface area contributed by atoms with E-state index in [-0.39, 0.29) is 23.1 Å². The number of aromatic amines is 1. The molecule has 0 radical (unpaired) electrons. The quantitative estimate of drug-likeness (QED) is 0.771. The number of piperidine rings is 1. The van der Waals surface area contributed by atoms with Crippen LogP contribution >= 0.6 is 0 Å². The number of hydrogen-bond donors (Lipinski definition) is 1. The van der Waals surface area contributed by atoms with Crippen LogP contribution < -0.4 is 5.69 Å². The number of aromatic nitrogens is 2. The Kier molecular flexibility index (Phi) is 4.62. The lowest BCUT2D eigenvalue weighted by Crippen LogP contribution is -2.36. The molecule has 27 heavy (non-hydrogen) atoms. The molecule has 2 aromatic carbocycles. The fraction of sp³-hybridized carbons (Fsp3) is 0.238. The van der Waals surface area contributed by atoms with Crippen LogP contribution in [0.25, 0.3) is 16.9 Å². The molecule has 1 amide bonds. The van der Waals surface area contributed by atoms with E-state index in [2.05, 4.69) is 4.98 Å². The predicted octanol–water partition coefficient (Wildman–Crippen LogP) is 3.60. The minimum absolute atomic E-state index is 0.194. The minimum atomic E-state index is -0.388. The number of likely N-dealkylation sites (tertiary alicyclic amines) is 1. The lowest BCUT2D eigenvalue weighted by atomic mass is 10.1. The molecule has 0 saturated carbocycles. The van der Waals surface area contributed by atoms with Gasteiger partial charge in [0.15, 0.2) is 0 Å². The Hall–Kier alpha value is -3.15. The smallest absolute Gasteiger partial charge is 0.331 e. The highest BCUT2D eigenvalue weighted by molar-refractivity contribution is 5.98. The number of H-pyrrole nitrogens is 1. The van der Waals surface area contributed by atoms with Gasteiger partial charge in [0.2, 0.25) is 0 Å². The van der Waals surface area contributed by atoms with Gasteiger partial charge in [-0.25, -0.2) is 9.18 Å². The van der Waals surface area contributed by atoms with Crippen LogP contribution in [0.2, 0.25) is 0 Å². The van der Waals surface area contributed by atoms with Crippen LogP contribution in [0.5, 0.6) is 0 Å². The monoisotopic (exact) mass is 365 g/mol. The zero-order chi connectivity index (χ0) is 18.8. The standard InChI is InChI=1S/C21H20FN3O2/c22-16-11-9-15(10-12-16)19-18(20(26)24-13-5-2-6-14-24)23-21(27)25(19)17-7-3-1-4-8-17/h1,3-4,7-12H,2,5-6,13-14H2,(H,23,27). The van der Waals surface area contributed by atoms with E-state index in [4.69, 9.17) is 0 Å². The van der Waals surface area contributed by atoms with Crippen molar-refractivity contribution >= 4 is 5.91 Å². The first-order chi connectivity index (χ1) is 13.1. The van der Waals surface area contributed by atoms with Gasteiger partial charge in [0.25, 0.3) is 5.91 Å². The van der Waals surface area contributed by atoms with Gasteiger partial charge in [0.1, 0.15) is 11.5 Å². The fourth-order valence-corrected chi connectivity index (χ4v) is 3.55. The van der Waals surface area contributed by atoms with Crippen molar-refractivity contribution in [1.82, 2.24) is 14.5 Å². The molecule has 4 rings (SSSR count). The Balaban J connectivity index is 1.90. The Morgan fingerprint density at radius 2 is 1.59 bits per heavy atom. The average Bonchev–Trinajstić information content (AvgIpc) is 3.06. The SMILES string of the molecule is O=C(c1[nH]c(=O)n(-c2ccccc2)c1-c1ccc(F)cc1)N1CCCCC1. The first-order valence-electron chi connectivity index (χ1n) is 9.11. The zero-order valence-electron chi connectivity index (χ0n) is 14.8. The van der Waals surface area contributed by atoms with Gasteiger partial charge >= 0.3 is 5.69 Å². The molecular weight excluding hydrogens is 345 g/mol. The van der Waals surface area contributed by atoms with Crippen LogP contribution in [-0.4, -0.2) is 33.4 Å². The summed E-state index contributed by atoms with van der Waals surface area (Å²) in [5.41, 5.74) is 1.58. The van der Waals surface area contributed by atoms with Crippen LogP contribution in [-0.2, 0) is 0 Å². The first kappa shape index (κ1) is 17.3. The Morgan fingerprint density at radius 3 is 2.26 bits per heavy atom. The normalized spacial score (nSPS) is 14.3. The lowest BCUT2D eigenvalue weighted by molar-refractivity contribution is 0.0719. The molecule has 0 aliphatic carbocycles. The predicted molar refractivity (Wildman–Crippen MR) is 102 cm³/mol. The number of halogens is 1. The van der Waals surface area contributed by atoms with Crippen LogP contribution in [0, 0.1) is 5.82 Å². The van der Waals surface area contributed by atoms with E-state index in [0.29, 0.717) is 30.0 Å². The number of para-hydroxylation sites is 1. The van der Waals surface area contributed by atoms with Gasteiger partial charge in [-0.2, -0.15) is 0 Å². The third-order valence-electron chi connectivity index (χ3n) is 4.88. The summed E-state index contributed by atoms with van der Waals surface area (Å²) in [5.74, 6) is -0.562. The molecule has 1 aliphatic heterocycles. The molecular formula is C21H20FN3O2. The van der Waals surface area contributed by atoms with Gasteiger partial charge in [-0.15, -0.1) is 0 Å². The largest absolute Gasteiger partial charge is 0.337 e. The van der Waals surface area contributed by atoms with Gasteiger partial charge in [0.05, 0.1) is 11.4 Å². The summed E-state index contributed by atoms with van der Waals surface area (Å²) in [7, 11) is 0. The highest BCUT2D eigenvalue weighted by Gasteiger charge is 2.27. The van der Waals surface area contributed by atoms with Crippen LogP contribution in [0.3, 0.4) is 0 Å². The third-order valence-corrected chi connectivity index (χ3v) is 4.88. The second kappa shape index (κ2) is 7.23. The second-order valence-electron chi connectivity index (χ2n) is 6.68. The Morgan fingerprint density at radius 1 is 0.926 bits per heavy atom. The number of hydrogen-bond acceptors (Lipinski definition) is 2. The number of nitrogens with one attached hydrogen (secondary N) is 1. The summed E-state index contributed by atoms with van der Waals surface area (Å²) < 4.78 is 14.9. The first-order valence-corrected chi connectivity index (χ1v) is 9.11. The average molecular weight is 365 g/mol. The van der Waals surface area contributed by atoms with Crippen LogP contribution in [0.1, 0.15) is 29.8 Å². The van der Waals surface area contributed by atoms with Crippen molar-refractivity contribution in [2.75, 3.05) is 13.1 Å². The molecule has 2 heterocycles. The van der Waals surface area contributed by atoms with E-state index in [1.807, 2.05) is 18.2 Å². The van der Waals surface area contributed by atoms with Gasteiger partial charge in [-0.05, 0) is 55.7 Å². The molecule has 1 aliphatic rings. The van der Waals surface area contributed by atoms with Crippen molar-refractivity contribution in [3.63, 3.8) is 0 Å². The maximum atomic E-state index is 13.4. The van der Waals surface area contributed by atoms with Gasteiger partial charge in [-0.1, -0.05) is 18.2 Å². The van der Waals surface area contributed by atoms with Gasteiger partial charge in [-0.3, -0.25) is 9.36 Å². The summed E-state index contributed by atoms with van der Waals surface area (Å²) in [4.78, 5) is 30.4. The molecule has 0 atom stereocenters. The summed E-state index contributed by atoms with van der Waals surface area (Å²) in [6, 6.07) is 15.0. The van der Waals surface area contributed by atoms with E-state index >= 15 is 0 Å². The van der Waals surface area contributed by atoms with E-state index in [0.717, 1.165) is 19.3 Å². The molecule has 6 heteroatoms. The maximum Gasteiger partial charge on any atom is 0.331 e. The van der Waals surface area contributed by atoms with Crippen molar-refractivity contribution < 1.29 is 9.18 Å². The topological polar surface area (TPSA) is 58.1 Å². The molecule has 138 valence electrons. The van der Waals surface area contributed by atoms with Crippen LogP contribution in [0.4, 0.5) is 4.39 Å². The molecule has 0 bridgehead atoms. The number of carbonyl (C=O) groups is 1. The lowest BCUT2D eigenvalue weighted by Gasteiger charge is -2.26. The highest BCUT2D eigenvalue weighted by Crippen LogP contribution is 2.26. The summed E-state index contributed by atoms with van der Waals surface area (Å²) in [6.07, 6.45) is 3.03. The van der Waals surface area contributed by atoms with E-state index in [1.165, 1.54) is 16.7 Å². The highest BCUT2D eigenvalue weighted by atomic mass is 19.1. The molecule has 3 aromatic rings.